The molecule has 7 nitrogen and oxygen atoms in total. The van der Waals surface area contributed by atoms with Gasteiger partial charge in [-0.1, -0.05) is 30.3 Å². The molecule has 130 valence electrons. The number of nitrogens with one attached hydrogen (secondary N) is 3. The van der Waals surface area contributed by atoms with Crippen LogP contribution in [0.15, 0.2) is 54.6 Å². The van der Waals surface area contributed by atoms with Crippen LogP contribution in [0.4, 0.5) is 5.69 Å². The molecule has 2 amide bonds. The van der Waals surface area contributed by atoms with Gasteiger partial charge in [0, 0.05) is 18.3 Å². The van der Waals surface area contributed by atoms with Crippen LogP contribution < -0.4 is 16.2 Å². The Morgan fingerprint density at radius 2 is 1.56 bits per heavy atom. The monoisotopic (exact) mass is 341 g/mol. The molecule has 3 N–H and O–H groups in total. The van der Waals surface area contributed by atoms with Crippen LogP contribution >= 0.6 is 0 Å². The zero-order chi connectivity index (χ0) is 18.2. The Hall–Kier alpha value is -3.35. The van der Waals surface area contributed by atoms with Gasteiger partial charge in [-0.05, 0) is 31.2 Å². The number of ether oxygens (including phenoxy) is 1. The van der Waals surface area contributed by atoms with Crippen molar-refractivity contribution in [2.24, 2.45) is 0 Å². The first-order valence-electron chi connectivity index (χ1n) is 7.66. The van der Waals surface area contributed by atoms with E-state index in [1.54, 1.807) is 61.6 Å². The summed E-state index contributed by atoms with van der Waals surface area (Å²) in [6.45, 7) is 1.42. The molecule has 1 atom stereocenters. The zero-order valence-electron chi connectivity index (χ0n) is 13.9. The SMILES string of the molecule is CNc1ccccc1C(=O)O[C@H](C)C(=O)NNC(=O)c1ccccc1. The Bertz CT molecular complexity index is 762. The highest BCUT2D eigenvalue weighted by molar-refractivity contribution is 5.98. The highest BCUT2D eigenvalue weighted by Gasteiger charge is 2.21. The van der Waals surface area contributed by atoms with E-state index in [2.05, 4.69) is 16.2 Å². The molecular weight excluding hydrogens is 322 g/mol. The fraction of sp³-hybridized carbons (Fsp3) is 0.167. The maximum absolute atomic E-state index is 12.2. The number of carbonyl (C=O) groups excluding carboxylic acids is 3. The number of carbonyl (C=O) groups is 3. The van der Waals surface area contributed by atoms with Gasteiger partial charge >= 0.3 is 5.97 Å². The molecule has 0 aliphatic rings. The van der Waals surface area contributed by atoms with Crippen LogP contribution in [0.25, 0.3) is 0 Å². The Labute approximate surface area is 145 Å². The van der Waals surface area contributed by atoms with Crippen LogP contribution in [0.2, 0.25) is 0 Å². The molecule has 2 aromatic rings. The molecule has 0 saturated carbocycles. The fourth-order valence-electron chi connectivity index (χ4n) is 2.04. The molecule has 0 aliphatic carbocycles. The largest absolute Gasteiger partial charge is 0.449 e. The lowest BCUT2D eigenvalue weighted by Crippen LogP contribution is -2.46. The summed E-state index contributed by atoms with van der Waals surface area (Å²) in [4.78, 5) is 36.0. The molecule has 0 saturated heterocycles. The highest BCUT2D eigenvalue weighted by atomic mass is 16.5. The van der Waals surface area contributed by atoms with Gasteiger partial charge in [0.05, 0.1) is 5.56 Å². The lowest BCUT2D eigenvalue weighted by molar-refractivity contribution is -0.129. The highest BCUT2D eigenvalue weighted by Crippen LogP contribution is 2.16. The van der Waals surface area contributed by atoms with Gasteiger partial charge in [0.25, 0.3) is 11.8 Å². The van der Waals surface area contributed by atoms with E-state index in [9.17, 15) is 14.4 Å². The molecule has 0 aromatic heterocycles. The summed E-state index contributed by atoms with van der Waals surface area (Å²) in [5, 5.41) is 2.88. The van der Waals surface area contributed by atoms with Gasteiger partial charge in [0.2, 0.25) is 0 Å². The Balaban J connectivity index is 1.90. The maximum atomic E-state index is 12.2. The average molecular weight is 341 g/mol. The first-order chi connectivity index (χ1) is 12.0. The van der Waals surface area contributed by atoms with Crippen LogP contribution in [-0.4, -0.2) is 30.9 Å². The summed E-state index contributed by atoms with van der Waals surface area (Å²) in [6, 6.07) is 15.2. The molecule has 0 unspecified atom stereocenters. The predicted molar refractivity (Wildman–Crippen MR) is 92.9 cm³/mol. The fourth-order valence-corrected chi connectivity index (χ4v) is 2.04. The van der Waals surface area contributed by atoms with Crippen molar-refractivity contribution in [3.63, 3.8) is 0 Å². The second kappa shape index (κ2) is 8.49. The molecule has 0 heterocycles. The molecule has 0 aliphatic heterocycles. The van der Waals surface area contributed by atoms with E-state index in [0.29, 0.717) is 16.8 Å². The standard InChI is InChI=1S/C18H19N3O4/c1-12(25-18(24)14-10-6-7-11-15(14)19-2)16(22)20-21-17(23)13-8-4-3-5-9-13/h3-12,19H,1-2H3,(H,20,22)(H,21,23)/t12-/m1/s1. The summed E-state index contributed by atoms with van der Waals surface area (Å²) in [5.41, 5.74) is 5.82. The first kappa shape index (κ1) is 18.0. The minimum absolute atomic E-state index is 0.318. The number of esters is 1. The van der Waals surface area contributed by atoms with E-state index in [-0.39, 0.29) is 0 Å². The zero-order valence-corrected chi connectivity index (χ0v) is 13.9. The molecule has 2 aromatic carbocycles. The number of hydrogen-bond acceptors (Lipinski definition) is 5. The summed E-state index contributed by atoms with van der Waals surface area (Å²) in [7, 11) is 1.68. The van der Waals surface area contributed by atoms with Crippen LogP contribution in [0.1, 0.15) is 27.6 Å². The summed E-state index contributed by atoms with van der Waals surface area (Å²) in [6.07, 6.45) is -1.08. The molecule has 0 fully saturated rings. The van der Waals surface area contributed by atoms with Gasteiger partial charge in [-0.3, -0.25) is 20.4 Å². The third-order valence-electron chi connectivity index (χ3n) is 3.40. The number of hydrazine groups is 1. The molecule has 25 heavy (non-hydrogen) atoms. The van der Waals surface area contributed by atoms with E-state index < -0.39 is 23.9 Å². The van der Waals surface area contributed by atoms with Crippen molar-refractivity contribution >= 4 is 23.5 Å². The second-order valence-electron chi connectivity index (χ2n) is 5.15. The van der Waals surface area contributed by atoms with Crippen molar-refractivity contribution in [3.8, 4) is 0 Å². The summed E-state index contributed by atoms with van der Waals surface area (Å²) >= 11 is 0. The summed E-state index contributed by atoms with van der Waals surface area (Å²) < 4.78 is 5.14. The van der Waals surface area contributed by atoms with E-state index in [1.165, 1.54) is 6.92 Å². The number of benzene rings is 2. The number of anilines is 1. The minimum Gasteiger partial charge on any atom is -0.449 e. The van der Waals surface area contributed by atoms with Crippen LogP contribution in [-0.2, 0) is 9.53 Å². The Morgan fingerprint density at radius 3 is 2.24 bits per heavy atom. The van der Waals surface area contributed by atoms with Crippen molar-refractivity contribution < 1.29 is 19.1 Å². The van der Waals surface area contributed by atoms with Gasteiger partial charge in [-0.2, -0.15) is 0 Å². The van der Waals surface area contributed by atoms with Gasteiger partial charge in [-0.25, -0.2) is 4.79 Å². The summed E-state index contributed by atoms with van der Waals surface area (Å²) in [5.74, 6) is -1.74. The maximum Gasteiger partial charge on any atom is 0.341 e. The Morgan fingerprint density at radius 1 is 0.920 bits per heavy atom. The third kappa shape index (κ3) is 4.81. The van der Waals surface area contributed by atoms with Crippen molar-refractivity contribution in [1.29, 1.82) is 0 Å². The molecule has 0 radical (unpaired) electrons. The van der Waals surface area contributed by atoms with Gasteiger partial charge < -0.3 is 10.1 Å². The van der Waals surface area contributed by atoms with Crippen molar-refractivity contribution in [3.05, 3.63) is 65.7 Å². The smallest absolute Gasteiger partial charge is 0.341 e. The average Bonchev–Trinajstić information content (AvgIpc) is 2.66. The molecule has 7 heteroatoms. The van der Waals surface area contributed by atoms with Crippen molar-refractivity contribution in [2.45, 2.75) is 13.0 Å². The first-order valence-corrected chi connectivity index (χ1v) is 7.66. The van der Waals surface area contributed by atoms with E-state index in [4.69, 9.17) is 4.74 Å². The van der Waals surface area contributed by atoms with Crippen LogP contribution in [0.5, 0.6) is 0 Å². The number of para-hydroxylation sites is 1. The lowest BCUT2D eigenvalue weighted by atomic mass is 10.2. The molecule has 0 spiro atoms. The topological polar surface area (TPSA) is 96.5 Å². The van der Waals surface area contributed by atoms with E-state index in [1.807, 2.05) is 0 Å². The third-order valence-corrected chi connectivity index (χ3v) is 3.40. The van der Waals surface area contributed by atoms with Crippen molar-refractivity contribution in [1.82, 2.24) is 10.9 Å². The van der Waals surface area contributed by atoms with Gasteiger partial charge in [-0.15, -0.1) is 0 Å². The Kier molecular flexibility index (Phi) is 6.11. The normalized spacial score (nSPS) is 11.1. The number of hydrogen-bond donors (Lipinski definition) is 3. The van der Waals surface area contributed by atoms with E-state index in [0.717, 1.165) is 0 Å². The quantitative estimate of drug-likeness (QED) is 0.568. The van der Waals surface area contributed by atoms with Gasteiger partial charge in [0.1, 0.15) is 0 Å². The minimum atomic E-state index is -1.08. The van der Waals surface area contributed by atoms with Gasteiger partial charge in [0.15, 0.2) is 6.10 Å². The lowest BCUT2D eigenvalue weighted by Gasteiger charge is -2.15. The predicted octanol–water partition coefficient (Wildman–Crippen LogP) is 1.73. The van der Waals surface area contributed by atoms with Crippen molar-refractivity contribution in [2.75, 3.05) is 12.4 Å². The van der Waals surface area contributed by atoms with Crippen LogP contribution in [0.3, 0.4) is 0 Å². The number of rotatable bonds is 5. The second-order valence-corrected chi connectivity index (χ2v) is 5.15. The molecule has 2 rings (SSSR count). The molecule has 0 bridgehead atoms. The van der Waals surface area contributed by atoms with E-state index >= 15 is 0 Å². The van der Waals surface area contributed by atoms with Crippen LogP contribution in [0, 0.1) is 0 Å². The number of amides is 2. The molecular formula is C18H19N3O4.